The SMILES string of the molecule is Clc1nc(-c2ccccc2)nc(-c2cccc(C3(c4ccccc4)C4=C(C=CCC4)c4ccccc43)c2)n1. The number of halogens is 1. The lowest BCUT2D eigenvalue weighted by molar-refractivity contribution is 0.696. The second-order valence-corrected chi connectivity index (χ2v) is 10.0. The van der Waals surface area contributed by atoms with Crippen LogP contribution in [0.15, 0.2) is 127 Å². The van der Waals surface area contributed by atoms with Gasteiger partial charge in [-0.25, -0.2) is 4.98 Å². The summed E-state index contributed by atoms with van der Waals surface area (Å²) in [6.45, 7) is 0. The third kappa shape index (κ3) is 3.54. The molecule has 2 aliphatic carbocycles. The minimum Gasteiger partial charge on any atom is -0.208 e. The first-order valence-corrected chi connectivity index (χ1v) is 13.3. The zero-order valence-corrected chi connectivity index (χ0v) is 21.4. The van der Waals surface area contributed by atoms with Crippen LogP contribution in [0, 0.1) is 0 Å². The van der Waals surface area contributed by atoms with Crippen LogP contribution >= 0.6 is 11.6 Å². The first kappa shape index (κ1) is 22.8. The first-order valence-electron chi connectivity index (χ1n) is 12.9. The Balaban J connectivity index is 1.47. The maximum Gasteiger partial charge on any atom is 0.226 e. The minimum absolute atomic E-state index is 0.186. The fourth-order valence-electron chi connectivity index (χ4n) is 6.11. The summed E-state index contributed by atoms with van der Waals surface area (Å²) in [4.78, 5) is 13.8. The molecule has 2 aliphatic rings. The zero-order valence-electron chi connectivity index (χ0n) is 20.7. The molecule has 0 bridgehead atoms. The molecule has 1 unspecified atom stereocenters. The van der Waals surface area contributed by atoms with Crippen molar-refractivity contribution in [3.05, 3.63) is 154 Å². The van der Waals surface area contributed by atoms with Crippen LogP contribution in [0.25, 0.3) is 28.3 Å². The Morgan fingerprint density at radius 3 is 2.11 bits per heavy atom. The van der Waals surface area contributed by atoms with Crippen molar-refractivity contribution in [3.8, 4) is 22.8 Å². The topological polar surface area (TPSA) is 38.7 Å². The van der Waals surface area contributed by atoms with Crippen LogP contribution in [0.2, 0.25) is 5.28 Å². The largest absolute Gasteiger partial charge is 0.226 e. The minimum atomic E-state index is -0.396. The maximum absolute atomic E-state index is 6.42. The van der Waals surface area contributed by atoms with Crippen molar-refractivity contribution >= 4 is 17.2 Å². The number of aromatic nitrogens is 3. The monoisotopic (exact) mass is 509 g/mol. The Kier molecular flexibility index (Phi) is 5.52. The van der Waals surface area contributed by atoms with E-state index in [9.17, 15) is 0 Å². The Labute approximate surface area is 227 Å². The van der Waals surface area contributed by atoms with Gasteiger partial charge >= 0.3 is 0 Å². The molecule has 1 aromatic heterocycles. The molecule has 1 atom stereocenters. The van der Waals surface area contributed by atoms with Crippen molar-refractivity contribution < 1.29 is 0 Å². The van der Waals surface area contributed by atoms with Crippen LogP contribution in [-0.4, -0.2) is 15.0 Å². The van der Waals surface area contributed by atoms with Crippen LogP contribution in [0.5, 0.6) is 0 Å². The number of rotatable bonds is 4. The number of hydrogen-bond donors (Lipinski definition) is 0. The van der Waals surface area contributed by atoms with Gasteiger partial charge in [-0.05, 0) is 63.9 Å². The van der Waals surface area contributed by atoms with Gasteiger partial charge in [-0.3, -0.25) is 0 Å². The number of allylic oxidation sites excluding steroid dienone is 4. The van der Waals surface area contributed by atoms with Crippen LogP contribution in [0.4, 0.5) is 0 Å². The lowest BCUT2D eigenvalue weighted by Crippen LogP contribution is -2.30. The molecule has 0 saturated carbocycles. The number of nitrogens with zero attached hydrogens (tertiary/aromatic N) is 3. The van der Waals surface area contributed by atoms with Crippen LogP contribution in [0.1, 0.15) is 35.1 Å². The molecule has 0 saturated heterocycles. The van der Waals surface area contributed by atoms with Gasteiger partial charge in [0.1, 0.15) is 0 Å². The molecule has 7 rings (SSSR count). The zero-order chi connectivity index (χ0) is 25.5. The summed E-state index contributed by atoms with van der Waals surface area (Å²) in [5.41, 5.74) is 9.31. The smallest absolute Gasteiger partial charge is 0.208 e. The normalized spacial score (nSPS) is 17.8. The molecule has 0 amide bonds. The van der Waals surface area contributed by atoms with E-state index < -0.39 is 5.41 Å². The molecule has 4 aromatic carbocycles. The molecule has 38 heavy (non-hydrogen) atoms. The molecule has 0 radical (unpaired) electrons. The van der Waals surface area contributed by atoms with Gasteiger partial charge in [0.15, 0.2) is 11.6 Å². The molecule has 5 aromatic rings. The summed E-state index contributed by atoms with van der Waals surface area (Å²) in [6, 6.07) is 38.2. The summed E-state index contributed by atoms with van der Waals surface area (Å²) in [5.74, 6) is 1.13. The second-order valence-electron chi connectivity index (χ2n) is 9.69. The van der Waals surface area contributed by atoms with E-state index in [0.717, 1.165) is 24.0 Å². The lowest BCUT2D eigenvalue weighted by atomic mass is 9.65. The molecule has 3 nitrogen and oxygen atoms in total. The number of fused-ring (bicyclic) bond motifs is 2. The van der Waals surface area contributed by atoms with E-state index in [1.54, 1.807) is 0 Å². The Morgan fingerprint density at radius 2 is 1.29 bits per heavy atom. The van der Waals surface area contributed by atoms with Gasteiger partial charge in [0.25, 0.3) is 0 Å². The van der Waals surface area contributed by atoms with E-state index in [0.29, 0.717) is 11.6 Å². The molecule has 0 aliphatic heterocycles. The Morgan fingerprint density at radius 1 is 0.632 bits per heavy atom. The summed E-state index contributed by atoms with van der Waals surface area (Å²) in [6.07, 6.45) is 6.65. The van der Waals surface area contributed by atoms with E-state index >= 15 is 0 Å². The standard InChI is InChI=1S/C34H24ClN3/c35-33-37-31(23-12-3-1-4-13-23)36-32(38-33)24-14-11-17-26(22-24)34(25-15-5-2-6-16-25)29-20-9-7-18-27(29)28-19-8-10-21-30(28)34/h1-9,11-20,22H,10,21H2. The highest BCUT2D eigenvalue weighted by Gasteiger charge is 2.47. The predicted octanol–water partition coefficient (Wildman–Crippen LogP) is 8.31. The van der Waals surface area contributed by atoms with E-state index in [2.05, 4.69) is 101 Å². The molecule has 4 heteroatoms. The van der Waals surface area contributed by atoms with Crippen molar-refractivity contribution in [3.63, 3.8) is 0 Å². The van der Waals surface area contributed by atoms with Crippen molar-refractivity contribution in [1.82, 2.24) is 15.0 Å². The van der Waals surface area contributed by atoms with Crippen LogP contribution < -0.4 is 0 Å². The van der Waals surface area contributed by atoms with Gasteiger partial charge in [0.2, 0.25) is 5.28 Å². The molecule has 182 valence electrons. The molecule has 0 spiro atoms. The Bertz CT molecular complexity index is 1720. The average molecular weight is 510 g/mol. The summed E-state index contributed by atoms with van der Waals surface area (Å²) in [7, 11) is 0. The van der Waals surface area contributed by atoms with E-state index in [4.69, 9.17) is 16.6 Å². The van der Waals surface area contributed by atoms with Gasteiger partial charge in [0, 0.05) is 11.1 Å². The van der Waals surface area contributed by atoms with Crippen LogP contribution in [-0.2, 0) is 5.41 Å². The molecule has 1 heterocycles. The summed E-state index contributed by atoms with van der Waals surface area (Å²) < 4.78 is 0. The van der Waals surface area contributed by atoms with Crippen molar-refractivity contribution in [1.29, 1.82) is 0 Å². The lowest BCUT2D eigenvalue weighted by Gasteiger charge is -2.36. The third-order valence-corrected chi connectivity index (χ3v) is 7.81. The molecule has 0 N–H and O–H groups in total. The summed E-state index contributed by atoms with van der Waals surface area (Å²) in [5, 5.41) is 0.186. The van der Waals surface area contributed by atoms with Gasteiger partial charge in [0.05, 0.1) is 5.41 Å². The molecular weight excluding hydrogens is 486 g/mol. The highest BCUT2D eigenvalue weighted by atomic mass is 35.5. The van der Waals surface area contributed by atoms with E-state index in [-0.39, 0.29) is 5.28 Å². The number of hydrogen-bond acceptors (Lipinski definition) is 3. The third-order valence-electron chi connectivity index (χ3n) is 7.65. The Hall–Kier alpha value is -4.34. The predicted molar refractivity (Wildman–Crippen MR) is 154 cm³/mol. The maximum atomic E-state index is 6.42. The average Bonchev–Trinajstić information content (AvgIpc) is 3.29. The molecule has 0 fully saturated rings. The van der Waals surface area contributed by atoms with Crippen molar-refractivity contribution in [2.45, 2.75) is 18.3 Å². The van der Waals surface area contributed by atoms with E-state index in [1.807, 2.05) is 30.3 Å². The van der Waals surface area contributed by atoms with Gasteiger partial charge in [-0.2, -0.15) is 9.97 Å². The highest BCUT2D eigenvalue weighted by molar-refractivity contribution is 6.28. The number of benzene rings is 4. The van der Waals surface area contributed by atoms with Gasteiger partial charge in [-0.15, -0.1) is 0 Å². The van der Waals surface area contributed by atoms with Gasteiger partial charge in [-0.1, -0.05) is 115 Å². The molecular formula is C34H24ClN3. The van der Waals surface area contributed by atoms with E-state index in [1.165, 1.54) is 33.4 Å². The fourth-order valence-corrected chi connectivity index (χ4v) is 6.27. The first-order chi connectivity index (χ1) is 18.7. The highest BCUT2D eigenvalue weighted by Crippen LogP contribution is 2.57. The quantitative estimate of drug-likeness (QED) is 0.244. The van der Waals surface area contributed by atoms with Crippen molar-refractivity contribution in [2.24, 2.45) is 0 Å². The second kappa shape index (κ2) is 9.20. The summed E-state index contributed by atoms with van der Waals surface area (Å²) >= 11 is 6.42. The van der Waals surface area contributed by atoms with Gasteiger partial charge < -0.3 is 0 Å². The van der Waals surface area contributed by atoms with Crippen molar-refractivity contribution in [2.75, 3.05) is 0 Å². The fraction of sp³-hybridized carbons (Fsp3) is 0.0882. The van der Waals surface area contributed by atoms with Crippen LogP contribution in [0.3, 0.4) is 0 Å².